The lowest BCUT2D eigenvalue weighted by Gasteiger charge is -2.26. The maximum Gasteiger partial charge on any atom is 0.0554 e. The Balaban J connectivity index is 1.58. The van der Waals surface area contributed by atoms with Crippen LogP contribution >= 0.6 is 0 Å². The lowest BCUT2D eigenvalue weighted by Crippen LogP contribution is -2.30. The number of benzene rings is 2. The first-order chi connectivity index (χ1) is 13.3. The number of aromatic nitrogens is 1. The van der Waals surface area contributed by atoms with Crippen LogP contribution in [0.2, 0.25) is 0 Å². The van der Waals surface area contributed by atoms with Crippen molar-refractivity contribution < 1.29 is 0 Å². The second kappa shape index (κ2) is 6.62. The van der Waals surface area contributed by atoms with Gasteiger partial charge in [-0.1, -0.05) is 73.7 Å². The van der Waals surface area contributed by atoms with Crippen LogP contribution in [0.15, 0.2) is 84.6 Å². The van der Waals surface area contributed by atoms with E-state index in [2.05, 4.69) is 96.1 Å². The molecule has 2 aliphatic carbocycles. The number of para-hydroxylation sites is 2. The first kappa shape index (κ1) is 16.2. The molecule has 0 saturated carbocycles. The molecule has 2 aromatic carbocycles. The second-order valence-electron chi connectivity index (χ2n) is 7.62. The number of fused-ring (bicyclic) bond motifs is 3. The van der Waals surface area contributed by atoms with Crippen molar-refractivity contribution in [1.29, 1.82) is 0 Å². The zero-order valence-corrected chi connectivity index (χ0v) is 15.6. The molecular weight excluding hydrogens is 328 g/mol. The van der Waals surface area contributed by atoms with Gasteiger partial charge in [0.2, 0.25) is 0 Å². The van der Waals surface area contributed by atoms with Gasteiger partial charge < -0.3 is 10.3 Å². The fraction of sp³-hybridized carbons (Fsp3) is 0.200. The van der Waals surface area contributed by atoms with Crippen LogP contribution in [0.25, 0.3) is 27.4 Å². The molecule has 0 spiro atoms. The standard InChI is InChI=1S/C25H24N2/c1-17-8-6-9-18(16-17)26-23-14-4-2-10-19(23)21-12-7-13-22-20-11-3-5-15-24(20)27-25(21)22/h2-7,9-13,15-17,23,26-27H,8,14H2,1H3. The second-order valence-corrected chi connectivity index (χ2v) is 7.62. The van der Waals surface area contributed by atoms with E-state index in [4.69, 9.17) is 0 Å². The molecular formula is C25H24N2. The summed E-state index contributed by atoms with van der Waals surface area (Å²) in [6, 6.07) is 15.5. The Morgan fingerprint density at radius 1 is 0.963 bits per heavy atom. The predicted molar refractivity (Wildman–Crippen MR) is 115 cm³/mol. The van der Waals surface area contributed by atoms with Crippen molar-refractivity contribution in [1.82, 2.24) is 10.3 Å². The summed E-state index contributed by atoms with van der Waals surface area (Å²) >= 11 is 0. The summed E-state index contributed by atoms with van der Waals surface area (Å²) in [5.41, 5.74) is 6.31. The van der Waals surface area contributed by atoms with Crippen LogP contribution < -0.4 is 5.32 Å². The largest absolute Gasteiger partial charge is 0.378 e. The molecule has 2 aliphatic rings. The van der Waals surface area contributed by atoms with E-state index in [-0.39, 0.29) is 6.04 Å². The van der Waals surface area contributed by atoms with Crippen LogP contribution in [0.4, 0.5) is 0 Å². The van der Waals surface area contributed by atoms with Crippen LogP contribution in [0.1, 0.15) is 25.3 Å². The summed E-state index contributed by atoms with van der Waals surface area (Å²) in [6.07, 6.45) is 15.7. The van der Waals surface area contributed by atoms with Gasteiger partial charge in [-0.05, 0) is 36.5 Å². The third kappa shape index (κ3) is 2.91. The molecule has 0 bridgehead atoms. The minimum Gasteiger partial charge on any atom is -0.378 e. The minimum atomic E-state index is 0.285. The van der Waals surface area contributed by atoms with E-state index >= 15 is 0 Å². The van der Waals surface area contributed by atoms with Gasteiger partial charge >= 0.3 is 0 Å². The Morgan fingerprint density at radius 2 is 1.85 bits per heavy atom. The van der Waals surface area contributed by atoms with Crippen LogP contribution in [-0.2, 0) is 0 Å². The van der Waals surface area contributed by atoms with Gasteiger partial charge in [0.1, 0.15) is 0 Å². The van der Waals surface area contributed by atoms with Gasteiger partial charge in [-0.25, -0.2) is 0 Å². The van der Waals surface area contributed by atoms with E-state index in [0.29, 0.717) is 5.92 Å². The molecule has 0 saturated heterocycles. The van der Waals surface area contributed by atoms with E-state index < -0.39 is 0 Å². The monoisotopic (exact) mass is 352 g/mol. The molecule has 5 rings (SSSR count). The van der Waals surface area contributed by atoms with E-state index in [1.165, 1.54) is 38.6 Å². The van der Waals surface area contributed by atoms with Gasteiger partial charge in [0, 0.05) is 27.5 Å². The molecule has 0 aliphatic heterocycles. The Morgan fingerprint density at radius 3 is 2.78 bits per heavy atom. The van der Waals surface area contributed by atoms with Gasteiger partial charge in [-0.3, -0.25) is 0 Å². The highest BCUT2D eigenvalue weighted by Gasteiger charge is 2.21. The van der Waals surface area contributed by atoms with Crippen molar-refractivity contribution in [2.75, 3.05) is 0 Å². The van der Waals surface area contributed by atoms with Gasteiger partial charge in [0.15, 0.2) is 0 Å². The number of hydrogen-bond donors (Lipinski definition) is 2. The zero-order chi connectivity index (χ0) is 18.2. The van der Waals surface area contributed by atoms with E-state index in [1.807, 2.05) is 0 Å². The molecule has 134 valence electrons. The fourth-order valence-corrected chi connectivity index (χ4v) is 4.29. The van der Waals surface area contributed by atoms with Crippen molar-refractivity contribution in [3.8, 4) is 0 Å². The summed E-state index contributed by atoms with van der Waals surface area (Å²) in [5.74, 6) is 0.598. The van der Waals surface area contributed by atoms with Gasteiger partial charge in [-0.15, -0.1) is 0 Å². The zero-order valence-electron chi connectivity index (χ0n) is 15.6. The molecule has 0 fully saturated rings. The third-order valence-electron chi connectivity index (χ3n) is 5.62. The topological polar surface area (TPSA) is 27.8 Å². The molecule has 3 aromatic rings. The smallest absolute Gasteiger partial charge is 0.0554 e. The summed E-state index contributed by atoms with van der Waals surface area (Å²) in [4.78, 5) is 3.65. The molecule has 2 nitrogen and oxygen atoms in total. The van der Waals surface area contributed by atoms with Crippen molar-refractivity contribution in [3.63, 3.8) is 0 Å². The molecule has 2 unspecified atom stereocenters. The van der Waals surface area contributed by atoms with E-state index in [9.17, 15) is 0 Å². The molecule has 0 radical (unpaired) electrons. The van der Waals surface area contributed by atoms with Gasteiger partial charge in [-0.2, -0.15) is 0 Å². The highest BCUT2D eigenvalue weighted by molar-refractivity contribution is 6.10. The normalized spacial score (nSPS) is 22.1. The Kier molecular flexibility index (Phi) is 3.97. The number of hydrogen-bond acceptors (Lipinski definition) is 1. The maximum atomic E-state index is 3.78. The van der Waals surface area contributed by atoms with Crippen LogP contribution in [0, 0.1) is 5.92 Å². The molecule has 27 heavy (non-hydrogen) atoms. The highest BCUT2D eigenvalue weighted by Crippen LogP contribution is 2.34. The predicted octanol–water partition coefficient (Wildman–Crippen LogP) is 6.10. The Labute approximate surface area is 160 Å². The maximum absolute atomic E-state index is 3.78. The third-order valence-corrected chi connectivity index (χ3v) is 5.62. The lowest BCUT2D eigenvalue weighted by molar-refractivity contribution is 0.662. The average Bonchev–Trinajstić information content (AvgIpc) is 3.07. The van der Waals surface area contributed by atoms with Crippen LogP contribution in [-0.4, -0.2) is 11.0 Å². The number of aromatic amines is 1. The molecule has 1 heterocycles. The van der Waals surface area contributed by atoms with Crippen molar-refractivity contribution >= 4 is 27.4 Å². The molecule has 2 atom stereocenters. The van der Waals surface area contributed by atoms with Gasteiger partial charge in [0.05, 0.1) is 11.6 Å². The minimum absolute atomic E-state index is 0.285. The average molecular weight is 352 g/mol. The Bertz CT molecular complexity index is 1120. The first-order valence-electron chi connectivity index (χ1n) is 9.81. The van der Waals surface area contributed by atoms with Crippen molar-refractivity contribution in [2.24, 2.45) is 5.92 Å². The van der Waals surface area contributed by atoms with E-state index in [0.717, 1.165) is 12.8 Å². The summed E-state index contributed by atoms with van der Waals surface area (Å²) < 4.78 is 0. The quantitative estimate of drug-likeness (QED) is 0.585. The fourth-order valence-electron chi connectivity index (χ4n) is 4.29. The lowest BCUT2D eigenvalue weighted by atomic mass is 9.90. The molecule has 2 heteroatoms. The first-order valence-corrected chi connectivity index (χ1v) is 9.81. The van der Waals surface area contributed by atoms with Crippen molar-refractivity contribution in [3.05, 3.63) is 90.2 Å². The Hall–Kier alpha value is -3.00. The van der Waals surface area contributed by atoms with Crippen molar-refractivity contribution in [2.45, 2.75) is 25.8 Å². The SMILES string of the molecule is CC1C=C(NC2CC=CC=C2c2cccc3c2[nH]c2ccccc23)C=CC1. The number of rotatable bonds is 3. The van der Waals surface area contributed by atoms with Crippen LogP contribution in [0.3, 0.4) is 0 Å². The van der Waals surface area contributed by atoms with Gasteiger partial charge in [0.25, 0.3) is 0 Å². The summed E-state index contributed by atoms with van der Waals surface area (Å²) in [5, 5.41) is 6.36. The number of allylic oxidation sites excluding steroid dienone is 5. The molecule has 0 amide bonds. The summed E-state index contributed by atoms with van der Waals surface area (Å²) in [6.45, 7) is 2.27. The highest BCUT2D eigenvalue weighted by atomic mass is 14.9. The van der Waals surface area contributed by atoms with Crippen LogP contribution in [0.5, 0.6) is 0 Å². The summed E-state index contributed by atoms with van der Waals surface area (Å²) in [7, 11) is 0. The molecule has 2 N–H and O–H groups in total. The van der Waals surface area contributed by atoms with E-state index in [1.54, 1.807) is 0 Å². The number of H-pyrrole nitrogens is 1. The molecule has 1 aromatic heterocycles. The number of nitrogens with one attached hydrogen (secondary N) is 2.